The quantitative estimate of drug-likeness (QED) is 0.135. The zero-order valence-electron chi connectivity index (χ0n) is 28.2. The van der Waals surface area contributed by atoms with Gasteiger partial charge in [-0.25, -0.2) is 0 Å². The lowest BCUT2D eigenvalue weighted by atomic mass is 9.79. The highest BCUT2D eigenvalue weighted by Crippen LogP contribution is 2.46. The number of hydrogen-bond acceptors (Lipinski definition) is 3. The number of ether oxygens (including phenoxy) is 3. The average molecular weight is 657 g/mol. The maximum atomic E-state index is 12.9. The summed E-state index contributed by atoms with van der Waals surface area (Å²) in [4.78, 5) is 0. The first-order valence-electron chi connectivity index (χ1n) is 17.5. The first kappa shape index (κ1) is 34.0. The van der Waals surface area contributed by atoms with Gasteiger partial charge in [-0.15, -0.1) is 0 Å². The Morgan fingerprint density at radius 2 is 1.17 bits per heavy atom. The number of fused-ring (bicyclic) bond motifs is 2. The van der Waals surface area contributed by atoms with E-state index in [-0.39, 0.29) is 18.4 Å². The van der Waals surface area contributed by atoms with Gasteiger partial charge >= 0.3 is 6.18 Å². The standard InChI is InChI=1S/C42H47F3O3/c1-28(32-11-17-37(18-12-32)46-27-30(3)42(43,44)45)23-36(34-15-21-40(22-16-34)48-41-26-31-9-10-35(41)25-31)24-29(2)33-13-19-39(20-14-33)47-38-7-5-4-6-8-38/h4-8,11-22,28-31,35-36,41H,9-10,23-27H2,1-3H3. The summed E-state index contributed by atoms with van der Waals surface area (Å²) in [5, 5.41) is 0. The third-order valence-corrected chi connectivity index (χ3v) is 10.5. The molecule has 7 atom stereocenters. The Hall–Kier alpha value is -3.93. The Labute approximate surface area is 283 Å². The summed E-state index contributed by atoms with van der Waals surface area (Å²) >= 11 is 0. The third kappa shape index (κ3) is 8.75. The van der Waals surface area contributed by atoms with Crippen molar-refractivity contribution in [2.24, 2.45) is 17.8 Å². The van der Waals surface area contributed by atoms with Crippen LogP contribution in [-0.4, -0.2) is 18.9 Å². The SMILES string of the molecule is CC(CC(CC(C)c1ccc(Oc2ccccc2)cc1)c1ccc(OC2CC3CCC2C3)cc1)c1ccc(OCC(C)C(F)(F)F)cc1. The first-order valence-corrected chi connectivity index (χ1v) is 17.5. The predicted octanol–water partition coefficient (Wildman–Crippen LogP) is 12.1. The second kappa shape index (κ2) is 15.1. The topological polar surface area (TPSA) is 27.7 Å². The second-order valence-electron chi connectivity index (χ2n) is 14.2. The molecular formula is C42H47F3O3. The molecule has 2 aliphatic rings. The van der Waals surface area contributed by atoms with E-state index in [0.29, 0.717) is 23.7 Å². The van der Waals surface area contributed by atoms with Gasteiger partial charge in [0.05, 0.1) is 12.5 Å². The van der Waals surface area contributed by atoms with Crippen molar-refractivity contribution in [1.29, 1.82) is 0 Å². The van der Waals surface area contributed by atoms with Crippen molar-refractivity contribution in [2.75, 3.05) is 6.61 Å². The number of alkyl halides is 3. The molecule has 0 radical (unpaired) electrons. The van der Waals surface area contributed by atoms with Gasteiger partial charge in [-0.3, -0.25) is 0 Å². The van der Waals surface area contributed by atoms with Gasteiger partial charge in [-0.05, 0) is 133 Å². The van der Waals surface area contributed by atoms with E-state index in [1.54, 1.807) is 12.1 Å². The van der Waals surface area contributed by atoms with Crippen molar-refractivity contribution in [3.8, 4) is 23.0 Å². The van der Waals surface area contributed by atoms with Gasteiger partial charge < -0.3 is 14.2 Å². The second-order valence-corrected chi connectivity index (χ2v) is 14.2. The van der Waals surface area contributed by atoms with Crippen LogP contribution in [-0.2, 0) is 0 Å². The highest BCUT2D eigenvalue weighted by atomic mass is 19.4. The molecule has 2 aliphatic carbocycles. The molecule has 254 valence electrons. The van der Waals surface area contributed by atoms with Crippen LogP contribution in [0.5, 0.6) is 23.0 Å². The van der Waals surface area contributed by atoms with Crippen LogP contribution in [0, 0.1) is 17.8 Å². The van der Waals surface area contributed by atoms with Gasteiger partial charge in [0.15, 0.2) is 0 Å². The van der Waals surface area contributed by atoms with Crippen molar-refractivity contribution in [3.05, 3.63) is 120 Å². The minimum absolute atomic E-state index is 0.233. The van der Waals surface area contributed by atoms with Crippen LogP contribution < -0.4 is 14.2 Å². The maximum Gasteiger partial charge on any atom is 0.394 e. The van der Waals surface area contributed by atoms with Crippen molar-refractivity contribution < 1.29 is 27.4 Å². The van der Waals surface area contributed by atoms with Crippen molar-refractivity contribution in [3.63, 3.8) is 0 Å². The van der Waals surface area contributed by atoms with Gasteiger partial charge in [0.2, 0.25) is 0 Å². The minimum Gasteiger partial charge on any atom is -0.493 e. The molecule has 2 bridgehead atoms. The predicted molar refractivity (Wildman–Crippen MR) is 185 cm³/mol. The highest BCUT2D eigenvalue weighted by Gasteiger charge is 2.41. The van der Waals surface area contributed by atoms with E-state index >= 15 is 0 Å². The summed E-state index contributed by atoms with van der Waals surface area (Å²) in [5.74, 6) is 3.91. The monoisotopic (exact) mass is 656 g/mol. The molecule has 3 nitrogen and oxygen atoms in total. The molecule has 2 fully saturated rings. The first-order chi connectivity index (χ1) is 23.1. The molecule has 6 heteroatoms. The number of benzene rings is 4. The van der Waals surface area contributed by atoms with Crippen LogP contribution in [0.1, 0.15) is 93.7 Å². The normalized spacial score (nSPS) is 21.3. The lowest BCUT2D eigenvalue weighted by Gasteiger charge is -2.26. The molecule has 0 aromatic heterocycles. The van der Waals surface area contributed by atoms with Gasteiger partial charge in [0.25, 0.3) is 0 Å². The van der Waals surface area contributed by atoms with Crippen molar-refractivity contribution in [1.82, 2.24) is 0 Å². The largest absolute Gasteiger partial charge is 0.493 e. The van der Waals surface area contributed by atoms with E-state index in [2.05, 4.69) is 50.2 Å². The summed E-state index contributed by atoms with van der Waals surface area (Å²) in [6, 6.07) is 34.5. The molecule has 0 spiro atoms. The summed E-state index contributed by atoms with van der Waals surface area (Å²) in [6.07, 6.45) is 3.14. The Morgan fingerprint density at radius 3 is 1.71 bits per heavy atom. The molecule has 48 heavy (non-hydrogen) atoms. The van der Waals surface area contributed by atoms with E-state index in [4.69, 9.17) is 14.2 Å². The van der Waals surface area contributed by atoms with Crippen LogP contribution in [0.15, 0.2) is 103 Å². The van der Waals surface area contributed by atoms with Gasteiger partial charge in [-0.1, -0.05) is 75.4 Å². The van der Waals surface area contributed by atoms with E-state index in [0.717, 1.165) is 48.5 Å². The zero-order valence-corrected chi connectivity index (χ0v) is 28.2. The van der Waals surface area contributed by atoms with E-state index < -0.39 is 12.1 Å². The molecule has 0 saturated heterocycles. The number of hydrogen-bond donors (Lipinski definition) is 0. The van der Waals surface area contributed by atoms with Gasteiger partial charge in [0.1, 0.15) is 29.1 Å². The summed E-state index contributed by atoms with van der Waals surface area (Å²) in [5.41, 5.74) is 3.69. The van der Waals surface area contributed by atoms with Gasteiger partial charge in [-0.2, -0.15) is 13.2 Å². The fourth-order valence-electron chi connectivity index (χ4n) is 7.52. The molecule has 2 saturated carbocycles. The summed E-state index contributed by atoms with van der Waals surface area (Å²) in [6.45, 7) is 5.26. The lowest BCUT2D eigenvalue weighted by Crippen LogP contribution is -2.25. The van der Waals surface area contributed by atoms with Crippen LogP contribution in [0.4, 0.5) is 13.2 Å². The number of halogens is 3. The van der Waals surface area contributed by atoms with Gasteiger partial charge in [0, 0.05) is 0 Å². The highest BCUT2D eigenvalue weighted by molar-refractivity contribution is 5.36. The fraction of sp³-hybridized carbons (Fsp3) is 0.429. The zero-order chi connectivity index (χ0) is 33.7. The van der Waals surface area contributed by atoms with Crippen LogP contribution in [0.25, 0.3) is 0 Å². The number of rotatable bonds is 14. The van der Waals surface area contributed by atoms with E-state index in [1.165, 1.54) is 36.8 Å². The molecule has 6 rings (SSSR count). The molecule has 4 aromatic rings. The van der Waals surface area contributed by atoms with Crippen LogP contribution in [0.3, 0.4) is 0 Å². The molecule has 7 unspecified atom stereocenters. The molecule has 4 aromatic carbocycles. The minimum atomic E-state index is -4.26. The Kier molecular flexibility index (Phi) is 10.7. The van der Waals surface area contributed by atoms with Crippen LogP contribution in [0.2, 0.25) is 0 Å². The molecular weight excluding hydrogens is 609 g/mol. The average Bonchev–Trinajstić information content (AvgIpc) is 3.71. The van der Waals surface area contributed by atoms with E-state index in [9.17, 15) is 13.2 Å². The van der Waals surface area contributed by atoms with Crippen molar-refractivity contribution >= 4 is 0 Å². The molecule has 0 heterocycles. The summed E-state index contributed by atoms with van der Waals surface area (Å²) < 4.78 is 56.7. The summed E-state index contributed by atoms with van der Waals surface area (Å²) in [7, 11) is 0. The molecule has 0 N–H and O–H groups in total. The number of para-hydroxylation sites is 1. The smallest absolute Gasteiger partial charge is 0.394 e. The molecule has 0 aliphatic heterocycles. The van der Waals surface area contributed by atoms with E-state index in [1.807, 2.05) is 54.6 Å². The Morgan fingerprint density at radius 1 is 0.625 bits per heavy atom. The van der Waals surface area contributed by atoms with Crippen molar-refractivity contribution in [2.45, 2.75) is 89.3 Å². The Balaban J connectivity index is 1.14. The lowest BCUT2D eigenvalue weighted by molar-refractivity contribution is -0.176. The molecule has 0 amide bonds. The maximum absolute atomic E-state index is 12.9. The Bertz CT molecular complexity index is 1570. The third-order valence-electron chi connectivity index (χ3n) is 10.5. The van der Waals surface area contributed by atoms with Crippen LogP contribution >= 0.6 is 0 Å². The fourth-order valence-corrected chi connectivity index (χ4v) is 7.52.